The van der Waals surface area contributed by atoms with Gasteiger partial charge >= 0.3 is 0 Å². The van der Waals surface area contributed by atoms with Gasteiger partial charge in [0, 0.05) is 19.0 Å². The topological polar surface area (TPSA) is 75.4 Å². The van der Waals surface area contributed by atoms with E-state index in [4.69, 9.17) is 5.73 Å². The summed E-state index contributed by atoms with van der Waals surface area (Å²) in [7, 11) is 0. The van der Waals surface area contributed by atoms with Gasteiger partial charge in [-0.15, -0.1) is 0 Å². The van der Waals surface area contributed by atoms with Crippen LogP contribution < -0.4 is 11.1 Å². The third-order valence-electron chi connectivity index (χ3n) is 4.12. The Labute approximate surface area is 96.6 Å². The molecule has 2 rings (SSSR count). The van der Waals surface area contributed by atoms with Gasteiger partial charge in [-0.3, -0.25) is 4.79 Å². The van der Waals surface area contributed by atoms with E-state index < -0.39 is 0 Å². The van der Waals surface area contributed by atoms with E-state index in [0.29, 0.717) is 13.1 Å². The fourth-order valence-corrected chi connectivity index (χ4v) is 2.51. The monoisotopic (exact) mass is 226 g/mol. The average Bonchev–Trinajstić information content (AvgIpc) is 3.08. The Bertz CT molecular complexity index is 264. The minimum Gasteiger partial charge on any atom is -0.393 e. The van der Waals surface area contributed by atoms with Crippen molar-refractivity contribution >= 4 is 5.91 Å². The van der Waals surface area contributed by atoms with Crippen LogP contribution in [0.4, 0.5) is 0 Å². The van der Waals surface area contributed by atoms with Crippen LogP contribution in [0.15, 0.2) is 0 Å². The lowest BCUT2D eigenvalue weighted by molar-refractivity contribution is -0.126. The summed E-state index contributed by atoms with van der Waals surface area (Å²) < 4.78 is 0. The molecule has 2 atom stereocenters. The number of nitrogens with two attached hydrogens (primary N) is 1. The third-order valence-corrected chi connectivity index (χ3v) is 4.12. The number of nitrogens with one attached hydrogen (secondary N) is 1. The first-order valence-electron chi connectivity index (χ1n) is 6.34. The maximum absolute atomic E-state index is 11.8. The summed E-state index contributed by atoms with van der Waals surface area (Å²) in [6.07, 6.45) is 5.78. The van der Waals surface area contributed by atoms with Crippen LogP contribution >= 0.6 is 0 Å². The maximum atomic E-state index is 11.8. The van der Waals surface area contributed by atoms with Crippen molar-refractivity contribution in [3.63, 3.8) is 0 Å². The number of aliphatic hydroxyl groups excluding tert-OH is 1. The van der Waals surface area contributed by atoms with Crippen LogP contribution in [-0.2, 0) is 4.79 Å². The maximum Gasteiger partial charge on any atom is 0.227 e. The van der Waals surface area contributed by atoms with Crippen molar-refractivity contribution in [1.29, 1.82) is 0 Å². The number of hydrogen-bond donors (Lipinski definition) is 3. The first kappa shape index (κ1) is 11.9. The normalized spacial score (nSPS) is 32.1. The molecule has 0 aromatic rings. The van der Waals surface area contributed by atoms with Crippen LogP contribution in [0.5, 0.6) is 0 Å². The van der Waals surface area contributed by atoms with Gasteiger partial charge in [0.25, 0.3) is 0 Å². The van der Waals surface area contributed by atoms with E-state index in [-0.39, 0.29) is 23.3 Å². The molecule has 4 nitrogen and oxygen atoms in total. The molecule has 0 saturated heterocycles. The SMILES string of the molecule is NCC1(C(=O)NCC2CCCCC2O)CC1. The van der Waals surface area contributed by atoms with Gasteiger partial charge in [-0.25, -0.2) is 0 Å². The number of carbonyl (C=O) groups is 1. The second-order valence-corrected chi connectivity index (χ2v) is 5.31. The van der Waals surface area contributed by atoms with Gasteiger partial charge in [0.15, 0.2) is 0 Å². The lowest BCUT2D eigenvalue weighted by atomic mass is 9.86. The Morgan fingerprint density at radius 2 is 2.06 bits per heavy atom. The molecule has 2 unspecified atom stereocenters. The molecule has 92 valence electrons. The minimum absolute atomic E-state index is 0.0905. The Balaban J connectivity index is 1.76. The van der Waals surface area contributed by atoms with Crippen LogP contribution in [-0.4, -0.2) is 30.2 Å². The Morgan fingerprint density at radius 3 is 2.62 bits per heavy atom. The molecule has 4 heteroatoms. The van der Waals surface area contributed by atoms with Crippen molar-refractivity contribution in [2.75, 3.05) is 13.1 Å². The van der Waals surface area contributed by atoms with E-state index in [1.807, 2.05) is 0 Å². The minimum atomic E-state index is -0.264. The molecule has 1 amide bonds. The summed E-state index contributed by atoms with van der Waals surface area (Å²) in [6.45, 7) is 1.06. The Kier molecular flexibility index (Phi) is 3.50. The molecule has 0 radical (unpaired) electrons. The molecule has 0 heterocycles. The largest absolute Gasteiger partial charge is 0.393 e. The predicted octanol–water partition coefficient (Wildman–Crippen LogP) is 0.393. The summed E-state index contributed by atoms with van der Waals surface area (Å²) in [5, 5.41) is 12.7. The number of rotatable bonds is 4. The molecule has 0 spiro atoms. The van der Waals surface area contributed by atoms with Crippen molar-refractivity contribution in [2.24, 2.45) is 17.1 Å². The smallest absolute Gasteiger partial charge is 0.227 e. The van der Waals surface area contributed by atoms with Crippen molar-refractivity contribution in [2.45, 2.75) is 44.6 Å². The Morgan fingerprint density at radius 1 is 1.38 bits per heavy atom. The highest BCUT2D eigenvalue weighted by atomic mass is 16.3. The zero-order chi connectivity index (χ0) is 11.6. The van der Waals surface area contributed by atoms with Gasteiger partial charge in [-0.1, -0.05) is 12.8 Å². The average molecular weight is 226 g/mol. The molecule has 16 heavy (non-hydrogen) atoms. The zero-order valence-electron chi connectivity index (χ0n) is 9.74. The molecule has 2 saturated carbocycles. The molecule has 0 bridgehead atoms. The van der Waals surface area contributed by atoms with Crippen molar-refractivity contribution in [3.05, 3.63) is 0 Å². The van der Waals surface area contributed by atoms with E-state index >= 15 is 0 Å². The lowest BCUT2D eigenvalue weighted by Crippen LogP contribution is -2.42. The molecular formula is C12H22N2O2. The fraction of sp³-hybridized carbons (Fsp3) is 0.917. The van der Waals surface area contributed by atoms with E-state index in [9.17, 15) is 9.90 Å². The van der Waals surface area contributed by atoms with Crippen LogP contribution in [0, 0.1) is 11.3 Å². The third kappa shape index (κ3) is 2.38. The second-order valence-electron chi connectivity index (χ2n) is 5.31. The van der Waals surface area contributed by atoms with E-state index in [2.05, 4.69) is 5.32 Å². The first-order valence-corrected chi connectivity index (χ1v) is 6.34. The van der Waals surface area contributed by atoms with Crippen molar-refractivity contribution in [3.8, 4) is 0 Å². The molecular weight excluding hydrogens is 204 g/mol. The van der Waals surface area contributed by atoms with E-state index in [1.165, 1.54) is 6.42 Å². The van der Waals surface area contributed by atoms with Gasteiger partial charge in [-0.05, 0) is 25.7 Å². The summed E-state index contributed by atoms with van der Waals surface area (Å²) in [5.41, 5.74) is 5.33. The summed E-state index contributed by atoms with van der Waals surface area (Å²) in [6, 6.07) is 0. The van der Waals surface area contributed by atoms with Crippen molar-refractivity contribution in [1.82, 2.24) is 5.32 Å². The number of hydrogen-bond acceptors (Lipinski definition) is 3. The van der Waals surface area contributed by atoms with Gasteiger partial charge in [-0.2, -0.15) is 0 Å². The van der Waals surface area contributed by atoms with Crippen LogP contribution in [0.25, 0.3) is 0 Å². The highest BCUT2D eigenvalue weighted by molar-refractivity contribution is 5.85. The number of amides is 1. The molecule has 4 N–H and O–H groups in total. The highest BCUT2D eigenvalue weighted by Crippen LogP contribution is 2.44. The van der Waals surface area contributed by atoms with Crippen LogP contribution in [0.3, 0.4) is 0 Å². The standard InChI is InChI=1S/C12H22N2O2/c13-8-12(5-6-12)11(16)14-7-9-3-1-2-4-10(9)15/h9-10,15H,1-8,13H2,(H,14,16). The van der Waals surface area contributed by atoms with E-state index in [1.54, 1.807) is 0 Å². The van der Waals surface area contributed by atoms with E-state index in [0.717, 1.165) is 32.1 Å². The molecule has 2 fully saturated rings. The summed E-state index contributed by atoms with van der Waals surface area (Å²) in [5.74, 6) is 0.332. The first-order chi connectivity index (χ1) is 7.68. The lowest BCUT2D eigenvalue weighted by Gasteiger charge is -2.28. The van der Waals surface area contributed by atoms with Crippen LogP contribution in [0.2, 0.25) is 0 Å². The molecule has 0 aromatic carbocycles. The predicted molar refractivity (Wildman–Crippen MR) is 61.7 cm³/mol. The zero-order valence-corrected chi connectivity index (χ0v) is 9.74. The highest BCUT2D eigenvalue weighted by Gasteiger charge is 2.48. The quantitative estimate of drug-likeness (QED) is 0.649. The van der Waals surface area contributed by atoms with Gasteiger partial charge in [0.05, 0.1) is 11.5 Å². The molecule has 0 aromatic heterocycles. The number of carbonyl (C=O) groups excluding carboxylic acids is 1. The molecule has 0 aliphatic heterocycles. The number of aliphatic hydroxyl groups is 1. The van der Waals surface area contributed by atoms with Crippen LogP contribution in [0.1, 0.15) is 38.5 Å². The fourth-order valence-electron chi connectivity index (χ4n) is 2.51. The Hall–Kier alpha value is -0.610. The van der Waals surface area contributed by atoms with Crippen molar-refractivity contribution < 1.29 is 9.90 Å². The second kappa shape index (κ2) is 4.72. The van der Waals surface area contributed by atoms with Gasteiger partial charge < -0.3 is 16.2 Å². The van der Waals surface area contributed by atoms with Gasteiger partial charge in [0.1, 0.15) is 0 Å². The summed E-state index contributed by atoms with van der Waals surface area (Å²) in [4.78, 5) is 11.8. The van der Waals surface area contributed by atoms with Gasteiger partial charge in [0.2, 0.25) is 5.91 Å². The molecule has 2 aliphatic carbocycles. The molecule has 2 aliphatic rings. The summed E-state index contributed by atoms with van der Waals surface area (Å²) >= 11 is 0.